The number of carbonyl (C=O) groups excluding carboxylic acids is 1. The first-order valence-electron chi connectivity index (χ1n) is 9.16. The molecule has 27 heavy (non-hydrogen) atoms. The minimum atomic E-state index is 0.00801. The summed E-state index contributed by atoms with van der Waals surface area (Å²) in [6.07, 6.45) is 0.934. The Morgan fingerprint density at radius 2 is 1.89 bits per heavy atom. The first-order valence-corrected chi connectivity index (χ1v) is 9.98. The molecule has 1 aromatic heterocycles. The third-order valence-electron chi connectivity index (χ3n) is 4.02. The highest BCUT2D eigenvalue weighted by atomic mass is 32.1. The zero-order valence-corrected chi connectivity index (χ0v) is 17.6. The highest BCUT2D eigenvalue weighted by Gasteiger charge is 2.07. The Hall–Kier alpha value is -2.41. The molecule has 0 radical (unpaired) electrons. The zero-order valence-electron chi connectivity index (χ0n) is 16.8. The van der Waals surface area contributed by atoms with Crippen LogP contribution in [0, 0.1) is 13.8 Å². The van der Waals surface area contributed by atoms with Crippen molar-refractivity contribution in [3.8, 4) is 0 Å². The molecule has 0 atom stereocenters. The van der Waals surface area contributed by atoms with Gasteiger partial charge >= 0.3 is 0 Å². The van der Waals surface area contributed by atoms with Crippen LogP contribution in [0.15, 0.2) is 29.3 Å². The highest BCUT2D eigenvalue weighted by Crippen LogP contribution is 2.17. The van der Waals surface area contributed by atoms with E-state index in [9.17, 15) is 4.79 Å². The highest BCUT2D eigenvalue weighted by molar-refractivity contribution is 7.11. The van der Waals surface area contributed by atoms with Crippen LogP contribution in [-0.4, -0.2) is 48.9 Å². The predicted molar refractivity (Wildman–Crippen MR) is 113 cm³/mol. The number of hydrogen-bond donors (Lipinski definition) is 2. The maximum absolute atomic E-state index is 11.9. The fourth-order valence-corrected chi connectivity index (χ4v) is 3.56. The number of rotatable bonds is 7. The van der Waals surface area contributed by atoms with Crippen molar-refractivity contribution in [3.05, 3.63) is 51.0 Å². The fourth-order valence-electron chi connectivity index (χ4n) is 2.62. The monoisotopic (exact) mass is 387 g/mol. The molecule has 7 heteroatoms. The van der Waals surface area contributed by atoms with Gasteiger partial charge < -0.3 is 15.5 Å². The van der Waals surface area contributed by atoms with Crippen molar-refractivity contribution in [2.45, 2.75) is 33.7 Å². The number of aromatic nitrogens is 1. The van der Waals surface area contributed by atoms with Crippen LogP contribution < -0.4 is 10.6 Å². The Kier molecular flexibility index (Phi) is 7.79. The first-order chi connectivity index (χ1) is 12.9. The maximum atomic E-state index is 11.9. The number of hydrogen-bond acceptors (Lipinski definition) is 4. The van der Waals surface area contributed by atoms with E-state index in [1.165, 1.54) is 4.88 Å². The van der Waals surface area contributed by atoms with Gasteiger partial charge in [-0.3, -0.25) is 4.79 Å². The van der Waals surface area contributed by atoms with E-state index >= 15 is 0 Å². The van der Waals surface area contributed by atoms with E-state index in [2.05, 4.69) is 34.5 Å². The Morgan fingerprint density at radius 1 is 1.19 bits per heavy atom. The van der Waals surface area contributed by atoms with E-state index < -0.39 is 0 Å². The van der Waals surface area contributed by atoms with Crippen LogP contribution in [0.3, 0.4) is 0 Å². The van der Waals surface area contributed by atoms with E-state index in [1.54, 1.807) is 30.3 Å². The quantitative estimate of drug-likeness (QED) is 0.566. The topological polar surface area (TPSA) is 69.6 Å². The summed E-state index contributed by atoms with van der Waals surface area (Å²) in [7, 11) is 3.51. The smallest absolute Gasteiger partial charge is 0.253 e. The average Bonchev–Trinajstić information content (AvgIpc) is 2.96. The van der Waals surface area contributed by atoms with Crippen LogP contribution in [-0.2, 0) is 13.0 Å². The number of thiazole rings is 1. The number of benzene rings is 1. The zero-order chi connectivity index (χ0) is 19.8. The lowest BCUT2D eigenvalue weighted by atomic mass is 10.1. The summed E-state index contributed by atoms with van der Waals surface area (Å²) in [5.41, 5.74) is 2.87. The third-order valence-corrected chi connectivity index (χ3v) is 5.15. The van der Waals surface area contributed by atoms with Gasteiger partial charge in [0, 0.05) is 44.0 Å². The van der Waals surface area contributed by atoms with Crippen LogP contribution in [0.2, 0.25) is 0 Å². The van der Waals surface area contributed by atoms with Crippen molar-refractivity contribution in [2.24, 2.45) is 4.99 Å². The average molecular weight is 388 g/mol. The van der Waals surface area contributed by atoms with Gasteiger partial charge in [-0.2, -0.15) is 0 Å². The lowest BCUT2D eigenvalue weighted by Gasteiger charge is -2.12. The van der Waals surface area contributed by atoms with Crippen LogP contribution in [0.4, 0.5) is 0 Å². The van der Waals surface area contributed by atoms with Crippen LogP contribution in [0.5, 0.6) is 0 Å². The number of guanidine groups is 1. The molecule has 1 amide bonds. The van der Waals surface area contributed by atoms with Crippen molar-refractivity contribution in [1.82, 2.24) is 20.5 Å². The molecule has 0 spiro atoms. The van der Waals surface area contributed by atoms with E-state index in [4.69, 9.17) is 0 Å². The number of carbonyl (C=O) groups is 1. The van der Waals surface area contributed by atoms with Crippen LogP contribution >= 0.6 is 11.3 Å². The molecule has 2 N–H and O–H groups in total. The van der Waals surface area contributed by atoms with Gasteiger partial charge in [0.1, 0.15) is 0 Å². The summed E-state index contributed by atoms with van der Waals surface area (Å²) in [6, 6.07) is 7.60. The van der Waals surface area contributed by atoms with Crippen molar-refractivity contribution in [2.75, 3.05) is 27.2 Å². The van der Waals surface area contributed by atoms with Gasteiger partial charge in [0.2, 0.25) is 0 Å². The molecule has 1 aromatic carbocycles. The lowest BCUT2D eigenvalue weighted by Crippen LogP contribution is -2.38. The standard InChI is InChI=1S/C20H29N5OS/c1-6-21-20(22-12-11-18-14(2)24-15(3)27-18)23-13-16-7-9-17(10-8-16)19(26)25(4)5/h7-10H,6,11-13H2,1-5H3,(H2,21,22,23). The number of amides is 1. The third kappa shape index (κ3) is 6.36. The molecule has 2 rings (SSSR count). The number of nitrogens with zero attached hydrogens (tertiary/aromatic N) is 3. The van der Waals surface area contributed by atoms with Crippen molar-refractivity contribution in [3.63, 3.8) is 0 Å². The van der Waals surface area contributed by atoms with E-state index in [0.717, 1.165) is 41.7 Å². The molecule has 0 fully saturated rings. The number of aliphatic imine (C=N–C) groups is 1. The first kappa shape index (κ1) is 20.9. The molecule has 1 heterocycles. The second-order valence-corrected chi connectivity index (χ2v) is 7.80. The maximum Gasteiger partial charge on any atom is 0.253 e. The lowest BCUT2D eigenvalue weighted by molar-refractivity contribution is 0.0827. The van der Waals surface area contributed by atoms with E-state index in [0.29, 0.717) is 12.1 Å². The van der Waals surface area contributed by atoms with Gasteiger partial charge in [-0.25, -0.2) is 9.98 Å². The Balaban J connectivity index is 1.92. The molecular weight excluding hydrogens is 358 g/mol. The summed E-state index contributed by atoms with van der Waals surface area (Å²) in [5, 5.41) is 7.76. The van der Waals surface area contributed by atoms with E-state index in [-0.39, 0.29) is 5.91 Å². The van der Waals surface area contributed by atoms with Crippen LogP contribution in [0.25, 0.3) is 0 Å². The van der Waals surface area contributed by atoms with Crippen molar-refractivity contribution in [1.29, 1.82) is 0 Å². The SMILES string of the molecule is CCNC(=NCc1ccc(C(=O)N(C)C)cc1)NCCc1sc(C)nc1C. The molecule has 0 unspecified atom stereocenters. The largest absolute Gasteiger partial charge is 0.357 e. The predicted octanol–water partition coefficient (Wildman–Crippen LogP) is 2.76. The van der Waals surface area contributed by atoms with Gasteiger partial charge in [-0.05, 0) is 38.5 Å². The van der Waals surface area contributed by atoms with Crippen molar-refractivity contribution >= 4 is 23.2 Å². The summed E-state index contributed by atoms with van der Waals surface area (Å²) in [5.74, 6) is 0.804. The summed E-state index contributed by atoms with van der Waals surface area (Å²) in [4.78, 5) is 23.9. The normalized spacial score (nSPS) is 11.4. The van der Waals surface area contributed by atoms with Gasteiger partial charge in [-0.1, -0.05) is 12.1 Å². The number of nitrogens with one attached hydrogen (secondary N) is 2. The summed E-state index contributed by atoms with van der Waals surface area (Å²) >= 11 is 1.75. The molecule has 2 aromatic rings. The van der Waals surface area contributed by atoms with Crippen molar-refractivity contribution < 1.29 is 4.79 Å². The van der Waals surface area contributed by atoms with Gasteiger partial charge in [0.05, 0.1) is 17.2 Å². The Labute approximate surface area is 165 Å². The summed E-state index contributed by atoms with van der Waals surface area (Å²) < 4.78 is 0. The molecule has 6 nitrogen and oxygen atoms in total. The molecule has 0 saturated heterocycles. The Bertz CT molecular complexity index is 780. The van der Waals surface area contributed by atoms with Gasteiger partial charge in [0.25, 0.3) is 5.91 Å². The van der Waals surface area contributed by atoms with Gasteiger partial charge in [-0.15, -0.1) is 11.3 Å². The van der Waals surface area contributed by atoms with Gasteiger partial charge in [0.15, 0.2) is 5.96 Å². The minimum Gasteiger partial charge on any atom is -0.357 e. The molecule has 0 aliphatic rings. The number of aryl methyl sites for hydroxylation is 2. The molecular formula is C20H29N5OS. The fraction of sp³-hybridized carbons (Fsp3) is 0.450. The second kappa shape index (κ2) is 10.1. The van der Waals surface area contributed by atoms with Crippen LogP contribution in [0.1, 0.15) is 38.4 Å². The molecule has 0 aliphatic heterocycles. The summed E-state index contributed by atoms with van der Waals surface area (Å²) in [6.45, 7) is 8.33. The molecule has 0 aliphatic carbocycles. The molecule has 0 saturated carbocycles. The Morgan fingerprint density at radius 3 is 2.44 bits per heavy atom. The van der Waals surface area contributed by atoms with E-state index in [1.807, 2.05) is 31.2 Å². The second-order valence-electron chi connectivity index (χ2n) is 6.51. The minimum absolute atomic E-state index is 0.00801. The molecule has 146 valence electrons. The molecule has 0 bridgehead atoms.